The molecule has 0 spiro atoms. The lowest BCUT2D eigenvalue weighted by Gasteiger charge is -2.18. The number of rotatable bonds is 1. The van der Waals surface area contributed by atoms with Gasteiger partial charge in [-0.3, -0.25) is 0 Å². The Morgan fingerprint density at radius 1 is 1.25 bits per heavy atom. The van der Waals surface area contributed by atoms with Crippen molar-refractivity contribution in [2.75, 3.05) is 6.54 Å². The summed E-state index contributed by atoms with van der Waals surface area (Å²) < 4.78 is 0. The fraction of sp³-hybridized carbons (Fsp3) is 1.00. The summed E-state index contributed by atoms with van der Waals surface area (Å²) in [5.74, 6) is 0. The average molecular weight is 138 g/mol. The van der Waals surface area contributed by atoms with Gasteiger partial charge in [0, 0.05) is 5.54 Å². The Kier molecular flexibility index (Phi) is 5.77. The zero-order chi connectivity index (χ0) is 5.91. The SMILES string of the molecule is CCNC(C)(C)C.Cl. The van der Waals surface area contributed by atoms with Gasteiger partial charge in [0.1, 0.15) is 0 Å². The van der Waals surface area contributed by atoms with Crippen LogP contribution >= 0.6 is 12.4 Å². The normalized spacial score (nSPS) is 10.5. The highest BCUT2D eigenvalue weighted by atomic mass is 35.5. The molecule has 0 saturated carbocycles. The van der Waals surface area contributed by atoms with Gasteiger partial charge in [-0.2, -0.15) is 0 Å². The van der Waals surface area contributed by atoms with Crippen LogP contribution in [0.1, 0.15) is 27.7 Å². The molecule has 8 heavy (non-hydrogen) atoms. The van der Waals surface area contributed by atoms with E-state index in [9.17, 15) is 0 Å². The fourth-order valence-corrected chi connectivity index (χ4v) is 0.530. The Labute approximate surface area is 58.3 Å². The minimum Gasteiger partial charge on any atom is -0.312 e. The van der Waals surface area contributed by atoms with Crippen molar-refractivity contribution in [3.63, 3.8) is 0 Å². The molecule has 0 unspecified atom stereocenters. The molecule has 0 radical (unpaired) electrons. The molecule has 0 bridgehead atoms. The molecule has 2 heteroatoms. The summed E-state index contributed by atoms with van der Waals surface area (Å²) in [4.78, 5) is 0. The van der Waals surface area contributed by atoms with Gasteiger partial charge in [-0.25, -0.2) is 0 Å². The molecule has 0 aliphatic carbocycles. The van der Waals surface area contributed by atoms with Crippen LogP contribution in [0.4, 0.5) is 0 Å². The van der Waals surface area contributed by atoms with Crippen molar-refractivity contribution < 1.29 is 0 Å². The summed E-state index contributed by atoms with van der Waals surface area (Å²) in [6, 6.07) is 0. The second-order valence-electron chi connectivity index (χ2n) is 2.78. The van der Waals surface area contributed by atoms with Crippen molar-refractivity contribution in [3.8, 4) is 0 Å². The maximum Gasteiger partial charge on any atom is 0.00963 e. The van der Waals surface area contributed by atoms with E-state index in [1.54, 1.807) is 0 Å². The van der Waals surface area contributed by atoms with E-state index in [-0.39, 0.29) is 12.4 Å². The first-order valence-corrected chi connectivity index (χ1v) is 2.81. The van der Waals surface area contributed by atoms with E-state index in [0.717, 1.165) is 6.54 Å². The first-order valence-electron chi connectivity index (χ1n) is 2.81. The van der Waals surface area contributed by atoms with Gasteiger partial charge in [-0.1, -0.05) is 6.92 Å². The minimum atomic E-state index is 0. The second kappa shape index (κ2) is 4.16. The fourth-order valence-electron chi connectivity index (χ4n) is 0.530. The minimum absolute atomic E-state index is 0. The molecule has 1 N–H and O–H groups in total. The van der Waals surface area contributed by atoms with Crippen LogP contribution < -0.4 is 5.32 Å². The Morgan fingerprint density at radius 2 is 1.62 bits per heavy atom. The van der Waals surface area contributed by atoms with Gasteiger partial charge in [-0.05, 0) is 27.3 Å². The molecule has 0 saturated heterocycles. The highest BCUT2D eigenvalue weighted by Gasteiger charge is 2.04. The van der Waals surface area contributed by atoms with E-state index >= 15 is 0 Å². The van der Waals surface area contributed by atoms with E-state index < -0.39 is 0 Å². The molecule has 0 aromatic heterocycles. The van der Waals surface area contributed by atoms with Gasteiger partial charge < -0.3 is 5.32 Å². The van der Waals surface area contributed by atoms with Crippen molar-refractivity contribution >= 4 is 12.4 Å². The van der Waals surface area contributed by atoms with Crippen molar-refractivity contribution in [2.24, 2.45) is 0 Å². The molecule has 1 nitrogen and oxygen atoms in total. The summed E-state index contributed by atoms with van der Waals surface area (Å²) >= 11 is 0. The lowest BCUT2D eigenvalue weighted by molar-refractivity contribution is 0.439. The highest BCUT2D eigenvalue weighted by Crippen LogP contribution is 1.95. The maximum atomic E-state index is 3.28. The largest absolute Gasteiger partial charge is 0.312 e. The molecule has 0 aliphatic heterocycles. The summed E-state index contributed by atoms with van der Waals surface area (Å²) in [7, 11) is 0. The quantitative estimate of drug-likeness (QED) is 0.582. The van der Waals surface area contributed by atoms with Crippen molar-refractivity contribution in [3.05, 3.63) is 0 Å². The molecule has 0 amide bonds. The Hall–Kier alpha value is 0.250. The predicted molar refractivity (Wildman–Crippen MR) is 40.7 cm³/mol. The van der Waals surface area contributed by atoms with Gasteiger partial charge >= 0.3 is 0 Å². The van der Waals surface area contributed by atoms with Crippen LogP contribution in [0, 0.1) is 0 Å². The van der Waals surface area contributed by atoms with E-state index in [4.69, 9.17) is 0 Å². The molecule has 0 heterocycles. The van der Waals surface area contributed by atoms with E-state index in [0.29, 0.717) is 5.54 Å². The monoisotopic (exact) mass is 137 g/mol. The van der Waals surface area contributed by atoms with Gasteiger partial charge in [0.05, 0.1) is 0 Å². The first-order chi connectivity index (χ1) is 3.06. The zero-order valence-corrected chi connectivity index (χ0v) is 6.93. The smallest absolute Gasteiger partial charge is 0.00963 e. The van der Waals surface area contributed by atoms with Crippen molar-refractivity contribution in [1.82, 2.24) is 5.32 Å². The van der Waals surface area contributed by atoms with Crippen molar-refractivity contribution in [1.29, 1.82) is 0 Å². The summed E-state index contributed by atoms with van der Waals surface area (Å²) in [5.41, 5.74) is 0.300. The van der Waals surface area contributed by atoms with Crippen LogP contribution in [0.2, 0.25) is 0 Å². The maximum absolute atomic E-state index is 3.28. The molecular formula is C6H16ClN. The summed E-state index contributed by atoms with van der Waals surface area (Å²) in [6.45, 7) is 9.66. The lowest BCUT2D eigenvalue weighted by atomic mass is 10.1. The third kappa shape index (κ3) is 9.54. The average Bonchev–Trinajstić information content (AvgIpc) is 1.30. The van der Waals surface area contributed by atoms with Crippen LogP contribution in [-0.2, 0) is 0 Å². The molecule has 0 aliphatic rings. The molecule has 0 aromatic carbocycles. The van der Waals surface area contributed by atoms with Gasteiger partial charge in [-0.15, -0.1) is 12.4 Å². The molecule has 0 aromatic rings. The molecule has 0 fully saturated rings. The van der Waals surface area contributed by atoms with Crippen LogP contribution in [0.3, 0.4) is 0 Å². The van der Waals surface area contributed by atoms with Gasteiger partial charge in [0.25, 0.3) is 0 Å². The molecule has 0 atom stereocenters. The summed E-state index contributed by atoms with van der Waals surface area (Å²) in [6.07, 6.45) is 0. The van der Waals surface area contributed by atoms with Gasteiger partial charge in [0.15, 0.2) is 0 Å². The van der Waals surface area contributed by atoms with Crippen LogP contribution in [0.15, 0.2) is 0 Å². The second-order valence-corrected chi connectivity index (χ2v) is 2.78. The Morgan fingerprint density at radius 3 is 1.62 bits per heavy atom. The standard InChI is InChI=1S/C6H15N.ClH/c1-5-7-6(2,3)4;/h7H,5H2,1-4H3;1H. The third-order valence-electron chi connectivity index (χ3n) is 0.707. The van der Waals surface area contributed by atoms with E-state index in [2.05, 4.69) is 33.0 Å². The van der Waals surface area contributed by atoms with Gasteiger partial charge in [0.2, 0.25) is 0 Å². The van der Waals surface area contributed by atoms with Crippen LogP contribution in [0.25, 0.3) is 0 Å². The topological polar surface area (TPSA) is 12.0 Å². The number of nitrogens with one attached hydrogen (secondary N) is 1. The number of halogens is 1. The van der Waals surface area contributed by atoms with E-state index in [1.165, 1.54) is 0 Å². The molecular weight excluding hydrogens is 122 g/mol. The number of hydrogen-bond donors (Lipinski definition) is 1. The van der Waals surface area contributed by atoms with Crippen LogP contribution in [0.5, 0.6) is 0 Å². The number of hydrogen-bond acceptors (Lipinski definition) is 1. The van der Waals surface area contributed by atoms with Crippen molar-refractivity contribution in [2.45, 2.75) is 33.2 Å². The molecule has 52 valence electrons. The predicted octanol–water partition coefficient (Wildman–Crippen LogP) is 1.82. The highest BCUT2D eigenvalue weighted by molar-refractivity contribution is 5.85. The molecule has 0 rings (SSSR count). The lowest BCUT2D eigenvalue weighted by Crippen LogP contribution is -2.35. The zero-order valence-electron chi connectivity index (χ0n) is 6.12. The Balaban J connectivity index is 0. The Bertz CT molecular complexity index is 47.0. The third-order valence-corrected chi connectivity index (χ3v) is 0.707. The first kappa shape index (κ1) is 11.1. The van der Waals surface area contributed by atoms with Crippen LogP contribution in [-0.4, -0.2) is 12.1 Å². The summed E-state index contributed by atoms with van der Waals surface area (Å²) in [5, 5.41) is 3.28. The van der Waals surface area contributed by atoms with E-state index in [1.807, 2.05) is 0 Å².